The molecule has 4 nitrogen and oxygen atoms in total. The average molecular weight is 211 g/mol. The van der Waals surface area contributed by atoms with Gasteiger partial charge in [0.25, 0.3) is 0 Å². The van der Waals surface area contributed by atoms with Gasteiger partial charge in [-0.1, -0.05) is 15.9 Å². The first-order valence-electron chi connectivity index (χ1n) is 2.51. The Hall–Kier alpha value is -0.580. The van der Waals surface area contributed by atoms with E-state index in [-0.39, 0.29) is 6.42 Å². The minimum Gasteiger partial charge on any atom is -0.481 e. The fourth-order valence-electron chi connectivity index (χ4n) is 0.365. The number of esters is 1. The van der Waals surface area contributed by atoms with Crippen LogP contribution in [0.25, 0.3) is 0 Å². The van der Waals surface area contributed by atoms with E-state index in [2.05, 4.69) is 20.7 Å². The Balaban J connectivity index is 3.72. The summed E-state index contributed by atoms with van der Waals surface area (Å²) in [6.45, 7) is 0. The first-order valence-corrected chi connectivity index (χ1v) is 3.43. The molecule has 0 amide bonds. The molecule has 10 heavy (non-hydrogen) atoms. The number of carbonyl (C=O) groups excluding carboxylic acids is 1. The highest BCUT2D eigenvalue weighted by molar-refractivity contribution is 9.10. The summed E-state index contributed by atoms with van der Waals surface area (Å²) < 4.78 is 4.26. The van der Waals surface area contributed by atoms with Crippen LogP contribution in [0.15, 0.2) is 0 Å². The third kappa shape index (κ3) is 3.45. The summed E-state index contributed by atoms with van der Waals surface area (Å²) in [5.74, 6) is -1.60. The number of carboxylic acids is 1. The summed E-state index contributed by atoms with van der Waals surface area (Å²) in [5.41, 5.74) is 0. The van der Waals surface area contributed by atoms with Crippen LogP contribution in [-0.2, 0) is 14.3 Å². The van der Waals surface area contributed by atoms with Gasteiger partial charge in [-0.05, 0) is 0 Å². The van der Waals surface area contributed by atoms with E-state index in [1.807, 2.05) is 0 Å². The van der Waals surface area contributed by atoms with Gasteiger partial charge in [0, 0.05) is 0 Å². The lowest BCUT2D eigenvalue weighted by Gasteiger charge is -2.02. The Morgan fingerprint density at radius 2 is 2.20 bits per heavy atom. The number of carbonyl (C=O) groups is 2. The maximum atomic E-state index is 10.5. The molecule has 0 radical (unpaired) electrons. The smallest absolute Gasteiger partial charge is 0.320 e. The number of alkyl halides is 1. The molecule has 5 heteroatoms. The number of rotatable bonds is 3. The molecule has 1 N–H and O–H groups in total. The average Bonchev–Trinajstić information content (AvgIpc) is 1.85. The van der Waals surface area contributed by atoms with Crippen molar-refractivity contribution in [3.63, 3.8) is 0 Å². The monoisotopic (exact) mass is 210 g/mol. The number of hydrogen-bond acceptors (Lipinski definition) is 3. The van der Waals surface area contributed by atoms with Gasteiger partial charge < -0.3 is 9.84 Å². The fraction of sp³-hybridized carbons (Fsp3) is 0.600. The lowest BCUT2D eigenvalue weighted by atomic mass is 10.3. The molecule has 0 fully saturated rings. The first-order chi connectivity index (χ1) is 4.57. The standard InChI is InChI=1S/C5H7BrO4/c1-10-5(9)3(6)2-4(7)8/h3H,2H2,1H3,(H,7,8). The fourth-order valence-corrected chi connectivity index (χ4v) is 0.828. The molecular weight excluding hydrogens is 204 g/mol. The van der Waals surface area contributed by atoms with Gasteiger partial charge in [-0.3, -0.25) is 9.59 Å². The minimum atomic E-state index is -1.03. The van der Waals surface area contributed by atoms with Gasteiger partial charge in [0.1, 0.15) is 4.83 Å². The van der Waals surface area contributed by atoms with Crippen LogP contribution in [0.5, 0.6) is 0 Å². The number of ether oxygens (including phenoxy) is 1. The number of methoxy groups -OCH3 is 1. The highest BCUT2D eigenvalue weighted by Gasteiger charge is 2.17. The van der Waals surface area contributed by atoms with E-state index in [0.29, 0.717) is 0 Å². The zero-order chi connectivity index (χ0) is 8.15. The zero-order valence-corrected chi connectivity index (χ0v) is 6.92. The van der Waals surface area contributed by atoms with Crippen molar-refractivity contribution in [2.24, 2.45) is 0 Å². The van der Waals surface area contributed by atoms with E-state index < -0.39 is 16.8 Å². The van der Waals surface area contributed by atoms with Crippen LogP contribution >= 0.6 is 15.9 Å². The van der Waals surface area contributed by atoms with E-state index in [4.69, 9.17) is 5.11 Å². The van der Waals surface area contributed by atoms with Crippen LogP contribution in [-0.4, -0.2) is 29.0 Å². The molecule has 0 aliphatic carbocycles. The molecule has 0 heterocycles. The van der Waals surface area contributed by atoms with Crippen LogP contribution in [0, 0.1) is 0 Å². The predicted octanol–water partition coefficient (Wildman–Crippen LogP) is 0.398. The zero-order valence-electron chi connectivity index (χ0n) is 5.33. The van der Waals surface area contributed by atoms with Crippen molar-refractivity contribution in [3.8, 4) is 0 Å². The van der Waals surface area contributed by atoms with Crippen molar-refractivity contribution in [1.29, 1.82) is 0 Å². The van der Waals surface area contributed by atoms with Crippen molar-refractivity contribution < 1.29 is 19.4 Å². The van der Waals surface area contributed by atoms with Gasteiger partial charge >= 0.3 is 11.9 Å². The Morgan fingerprint density at radius 1 is 1.70 bits per heavy atom. The Morgan fingerprint density at radius 3 is 2.50 bits per heavy atom. The summed E-state index contributed by atoms with van der Waals surface area (Å²) >= 11 is 2.85. The predicted molar refractivity (Wildman–Crippen MR) is 37.0 cm³/mol. The first kappa shape index (κ1) is 9.42. The summed E-state index contributed by atoms with van der Waals surface area (Å²) in [5, 5.41) is 8.19. The third-order valence-electron chi connectivity index (χ3n) is 0.811. The Labute approximate surface area is 66.3 Å². The van der Waals surface area contributed by atoms with Crippen molar-refractivity contribution >= 4 is 27.9 Å². The van der Waals surface area contributed by atoms with Crippen LogP contribution < -0.4 is 0 Å². The van der Waals surface area contributed by atoms with Gasteiger partial charge in [0.2, 0.25) is 0 Å². The summed E-state index contributed by atoms with van der Waals surface area (Å²) in [6, 6.07) is 0. The lowest BCUT2D eigenvalue weighted by Crippen LogP contribution is -2.18. The lowest BCUT2D eigenvalue weighted by molar-refractivity contribution is -0.144. The molecule has 0 saturated carbocycles. The normalized spacial score (nSPS) is 12.2. The van der Waals surface area contributed by atoms with Gasteiger partial charge in [-0.2, -0.15) is 0 Å². The van der Waals surface area contributed by atoms with Gasteiger partial charge in [-0.25, -0.2) is 0 Å². The number of carboxylic acid groups (broad SMARTS) is 1. The molecule has 0 aliphatic heterocycles. The van der Waals surface area contributed by atoms with Crippen LogP contribution in [0.3, 0.4) is 0 Å². The molecule has 0 saturated heterocycles. The molecule has 58 valence electrons. The van der Waals surface area contributed by atoms with Gasteiger partial charge in [0.15, 0.2) is 0 Å². The van der Waals surface area contributed by atoms with E-state index in [1.54, 1.807) is 0 Å². The molecule has 0 bridgehead atoms. The SMILES string of the molecule is COC(=O)C(Br)CC(=O)O. The highest BCUT2D eigenvalue weighted by Crippen LogP contribution is 2.06. The largest absolute Gasteiger partial charge is 0.481 e. The van der Waals surface area contributed by atoms with Crippen molar-refractivity contribution in [1.82, 2.24) is 0 Å². The molecule has 1 unspecified atom stereocenters. The van der Waals surface area contributed by atoms with E-state index in [0.717, 1.165) is 0 Å². The molecule has 0 aromatic heterocycles. The van der Waals surface area contributed by atoms with Crippen molar-refractivity contribution in [2.75, 3.05) is 7.11 Å². The molecule has 0 aromatic carbocycles. The van der Waals surface area contributed by atoms with Crippen LogP contribution in [0.1, 0.15) is 6.42 Å². The topological polar surface area (TPSA) is 63.6 Å². The van der Waals surface area contributed by atoms with E-state index >= 15 is 0 Å². The Kier molecular flexibility index (Phi) is 4.02. The quantitative estimate of drug-likeness (QED) is 0.542. The number of aliphatic carboxylic acids is 1. The second-order valence-corrected chi connectivity index (χ2v) is 2.69. The van der Waals surface area contributed by atoms with Crippen LogP contribution in [0.2, 0.25) is 0 Å². The van der Waals surface area contributed by atoms with E-state index in [1.165, 1.54) is 7.11 Å². The molecule has 0 aromatic rings. The van der Waals surface area contributed by atoms with E-state index in [9.17, 15) is 9.59 Å². The number of hydrogen-bond donors (Lipinski definition) is 1. The second-order valence-electron chi connectivity index (χ2n) is 1.59. The van der Waals surface area contributed by atoms with Gasteiger partial charge in [-0.15, -0.1) is 0 Å². The van der Waals surface area contributed by atoms with Crippen molar-refractivity contribution in [2.45, 2.75) is 11.2 Å². The molecule has 0 rings (SSSR count). The minimum absolute atomic E-state index is 0.257. The number of halogens is 1. The maximum absolute atomic E-state index is 10.5. The highest BCUT2D eigenvalue weighted by atomic mass is 79.9. The Bertz CT molecular complexity index is 145. The molecule has 0 aliphatic rings. The maximum Gasteiger partial charge on any atom is 0.320 e. The summed E-state index contributed by atoms with van der Waals surface area (Å²) in [7, 11) is 1.21. The molecule has 1 atom stereocenters. The third-order valence-corrected chi connectivity index (χ3v) is 1.51. The molecule has 0 spiro atoms. The summed E-state index contributed by atoms with van der Waals surface area (Å²) in [4.78, 5) is 19.8. The second kappa shape index (κ2) is 4.27. The van der Waals surface area contributed by atoms with Crippen LogP contribution in [0.4, 0.5) is 0 Å². The summed E-state index contributed by atoms with van der Waals surface area (Å²) in [6.07, 6.45) is -0.257. The molecular formula is C5H7BrO4. The van der Waals surface area contributed by atoms with Gasteiger partial charge in [0.05, 0.1) is 13.5 Å². The van der Waals surface area contributed by atoms with Crippen molar-refractivity contribution in [3.05, 3.63) is 0 Å².